The number of rotatable bonds is 5. The first-order valence-electron chi connectivity index (χ1n) is 11.0. The number of hydrogen-bond acceptors (Lipinski definition) is 3. The molecule has 4 bridgehead atoms. The zero-order valence-electron chi connectivity index (χ0n) is 17.0. The predicted molar refractivity (Wildman–Crippen MR) is 105 cm³/mol. The maximum absolute atomic E-state index is 12.8. The molecule has 5 rings (SSSR count). The third-order valence-corrected chi connectivity index (χ3v) is 8.23. The normalized spacial score (nSPS) is 45.3. The van der Waals surface area contributed by atoms with E-state index < -0.39 is 0 Å². The minimum absolute atomic E-state index is 0.0466. The summed E-state index contributed by atoms with van der Waals surface area (Å²) in [5.41, 5.74) is 0.158. The fraction of sp³-hybridized carbons (Fsp3) is 0.826. The number of nitrogens with one attached hydrogen (secondary N) is 1. The maximum atomic E-state index is 12.8. The van der Waals surface area contributed by atoms with Crippen LogP contribution in [0, 0.1) is 35.0 Å². The second kappa shape index (κ2) is 6.93. The van der Waals surface area contributed by atoms with E-state index in [9.17, 15) is 9.59 Å². The third-order valence-electron chi connectivity index (χ3n) is 8.23. The summed E-state index contributed by atoms with van der Waals surface area (Å²) in [4.78, 5) is 24.3. The standard InChI is InChI=1S/C23H35NO3/c1-4-20(25)24-14-21(26)27-23(17-7-5-6-15(2)8-17)18-9-16-10-19(23)13-22(3,11-16)12-18/h4,15-19H,1,5-14H2,2-3H3,(H,24,25). The smallest absolute Gasteiger partial charge is 0.325 e. The van der Waals surface area contributed by atoms with Crippen LogP contribution in [-0.2, 0) is 14.3 Å². The Labute approximate surface area is 163 Å². The molecule has 0 aromatic heterocycles. The Bertz CT molecular complexity index is 603. The highest BCUT2D eigenvalue weighted by Gasteiger charge is 2.65. The van der Waals surface area contributed by atoms with Crippen LogP contribution in [0.15, 0.2) is 12.7 Å². The molecule has 0 aliphatic heterocycles. The fourth-order valence-corrected chi connectivity index (χ4v) is 7.62. The van der Waals surface area contributed by atoms with Crippen molar-refractivity contribution >= 4 is 11.9 Å². The molecule has 1 amide bonds. The van der Waals surface area contributed by atoms with E-state index in [0.29, 0.717) is 29.1 Å². The largest absolute Gasteiger partial charge is 0.457 e. The van der Waals surface area contributed by atoms with Gasteiger partial charge in [-0.25, -0.2) is 0 Å². The summed E-state index contributed by atoms with van der Waals surface area (Å²) in [6, 6.07) is 0. The molecule has 0 saturated heterocycles. The van der Waals surface area contributed by atoms with Crippen LogP contribution in [0.2, 0.25) is 0 Å². The summed E-state index contributed by atoms with van der Waals surface area (Å²) in [6.07, 6.45) is 12.3. The Balaban J connectivity index is 1.60. The molecule has 5 saturated carbocycles. The lowest BCUT2D eigenvalue weighted by Gasteiger charge is -2.66. The Morgan fingerprint density at radius 2 is 1.81 bits per heavy atom. The molecule has 150 valence electrons. The van der Waals surface area contributed by atoms with Gasteiger partial charge in [-0.3, -0.25) is 9.59 Å². The van der Waals surface area contributed by atoms with Crippen molar-refractivity contribution in [1.29, 1.82) is 0 Å². The summed E-state index contributed by atoms with van der Waals surface area (Å²) >= 11 is 0. The van der Waals surface area contributed by atoms with Gasteiger partial charge in [-0.1, -0.05) is 33.3 Å². The molecule has 4 nitrogen and oxygen atoms in total. The lowest BCUT2D eigenvalue weighted by molar-refractivity contribution is -0.246. The van der Waals surface area contributed by atoms with Crippen molar-refractivity contribution in [1.82, 2.24) is 5.32 Å². The molecule has 0 aromatic rings. The molecule has 27 heavy (non-hydrogen) atoms. The summed E-state index contributed by atoms with van der Waals surface area (Å²) < 4.78 is 6.45. The second-order valence-electron chi connectivity index (χ2n) is 10.4. The molecule has 5 aliphatic carbocycles. The summed E-state index contributed by atoms with van der Waals surface area (Å²) in [7, 11) is 0. The van der Waals surface area contributed by atoms with Crippen molar-refractivity contribution in [2.75, 3.05) is 6.54 Å². The lowest BCUT2D eigenvalue weighted by atomic mass is 9.42. The van der Waals surface area contributed by atoms with E-state index in [-0.39, 0.29) is 24.0 Å². The molecule has 4 heteroatoms. The fourth-order valence-electron chi connectivity index (χ4n) is 7.62. The van der Waals surface area contributed by atoms with Crippen LogP contribution < -0.4 is 5.32 Å². The van der Waals surface area contributed by atoms with Crippen molar-refractivity contribution in [2.45, 2.75) is 77.2 Å². The zero-order valence-corrected chi connectivity index (χ0v) is 17.0. The van der Waals surface area contributed by atoms with Gasteiger partial charge in [-0.05, 0) is 74.2 Å². The molecule has 4 atom stereocenters. The Hall–Kier alpha value is -1.32. The minimum Gasteiger partial charge on any atom is -0.457 e. The van der Waals surface area contributed by atoms with E-state index in [4.69, 9.17) is 4.74 Å². The van der Waals surface area contributed by atoms with E-state index in [2.05, 4.69) is 25.7 Å². The average molecular weight is 374 g/mol. The van der Waals surface area contributed by atoms with E-state index >= 15 is 0 Å². The van der Waals surface area contributed by atoms with Gasteiger partial charge in [0.15, 0.2) is 0 Å². The first-order chi connectivity index (χ1) is 12.8. The average Bonchev–Trinajstić information content (AvgIpc) is 2.61. The number of carbonyl (C=O) groups excluding carboxylic acids is 2. The van der Waals surface area contributed by atoms with Gasteiger partial charge in [0, 0.05) is 11.8 Å². The van der Waals surface area contributed by atoms with Crippen molar-refractivity contribution in [2.24, 2.45) is 35.0 Å². The van der Waals surface area contributed by atoms with Gasteiger partial charge in [-0.2, -0.15) is 0 Å². The summed E-state index contributed by atoms with van der Waals surface area (Å²) in [5, 5.41) is 2.61. The van der Waals surface area contributed by atoms with Crippen LogP contribution in [0.25, 0.3) is 0 Å². The SMILES string of the molecule is C=CC(=O)NCC(=O)OC1(C2CCCC(C)C2)C2CC3CC1CC(C)(C3)C2. The van der Waals surface area contributed by atoms with Crippen LogP contribution >= 0.6 is 0 Å². The Morgan fingerprint density at radius 3 is 2.41 bits per heavy atom. The highest BCUT2D eigenvalue weighted by Crippen LogP contribution is 2.67. The topological polar surface area (TPSA) is 55.4 Å². The molecular weight excluding hydrogens is 338 g/mol. The van der Waals surface area contributed by atoms with Crippen molar-refractivity contribution < 1.29 is 14.3 Å². The third kappa shape index (κ3) is 3.34. The van der Waals surface area contributed by atoms with Gasteiger partial charge >= 0.3 is 5.97 Å². The molecule has 0 aromatic carbocycles. The molecule has 0 spiro atoms. The van der Waals surface area contributed by atoms with Gasteiger partial charge < -0.3 is 10.1 Å². The van der Waals surface area contributed by atoms with Crippen LogP contribution in [0.4, 0.5) is 0 Å². The number of amides is 1. The highest BCUT2D eigenvalue weighted by molar-refractivity contribution is 5.89. The predicted octanol–water partition coefficient (Wildman–Crippen LogP) is 4.24. The van der Waals surface area contributed by atoms with Crippen LogP contribution in [0.3, 0.4) is 0 Å². The first-order valence-corrected chi connectivity index (χ1v) is 11.0. The van der Waals surface area contributed by atoms with Crippen LogP contribution in [0.1, 0.15) is 71.6 Å². The lowest BCUT2D eigenvalue weighted by Crippen LogP contribution is -2.66. The van der Waals surface area contributed by atoms with E-state index in [0.717, 1.165) is 5.92 Å². The van der Waals surface area contributed by atoms with Gasteiger partial charge in [0.2, 0.25) is 5.91 Å². The molecular formula is C23H35NO3. The zero-order chi connectivity index (χ0) is 19.2. The van der Waals surface area contributed by atoms with Crippen molar-refractivity contribution in [3.8, 4) is 0 Å². The van der Waals surface area contributed by atoms with Gasteiger partial charge in [0.05, 0.1) is 0 Å². The van der Waals surface area contributed by atoms with E-state index in [1.54, 1.807) is 0 Å². The van der Waals surface area contributed by atoms with Gasteiger partial charge in [0.25, 0.3) is 0 Å². The molecule has 0 radical (unpaired) electrons. The number of esters is 1. The van der Waals surface area contributed by atoms with Gasteiger partial charge in [0.1, 0.15) is 12.1 Å². The monoisotopic (exact) mass is 373 g/mol. The van der Waals surface area contributed by atoms with Crippen molar-refractivity contribution in [3.63, 3.8) is 0 Å². The maximum Gasteiger partial charge on any atom is 0.325 e. The van der Waals surface area contributed by atoms with Gasteiger partial charge in [-0.15, -0.1) is 0 Å². The summed E-state index contributed by atoms with van der Waals surface area (Å²) in [5.74, 6) is 2.45. The van der Waals surface area contributed by atoms with E-state index in [1.165, 1.54) is 63.9 Å². The molecule has 5 fully saturated rings. The highest BCUT2D eigenvalue weighted by atomic mass is 16.6. The Morgan fingerprint density at radius 1 is 1.11 bits per heavy atom. The van der Waals surface area contributed by atoms with E-state index in [1.807, 2.05) is 0 Å². The second-order valence-corrected chi connectivity index (χ2v) is 10.4. The minimum atomic E-state index is -0.315. The Kier molecular flexibility index (Phi) is 4.88. The molecule has 5 aliphatic rings. The first kappa shape index (κ1) is 19.0. The molecule has 0 heterocycles. The quantitative estimate of drug-likeness (QED) is 0.579. The van der Waals surface area contributed by atoms with Crippen LogP contribution in [-0.4, -0.2) is 24.0 Å². The van der Waals surface area contributed by atoms with Crippen molar-refractivity contribution in [3.05, 3.63) is 12.7 Å². The molecule has 4 unspecified atom stereocenters. The van der Waals surface area contributed by atoms with Crippen LogP contribution in [0.5, 0.6) is 0 Å². The summed E-state index contributed by atoms with van der Waals surface area (Å²) in [6.45, 7) is 8.21. The molecule has 1 N–H and O–H groups in total. The number of hydrogen-bond donors (Lipinski definition) is 1. The number of ether oxygens (including phenoxy) is 1. The number of carbonyl (C=O) groups is 2.